The van der Waals surface area contributed by atoms with Crippen molar-refractivity contribution in [3.8, 4) is 5.75 Å². The van der Waals surface area contributed by atoms with E-state index in [-0.39, 0.29) is 5.41 Å². The summed E-state index contributed by atoms with van der Waals surface area (Å²) < 4.78 is 5.50. The summed E-state index contributed by atoms with van der Waals surface area (Å²) in [5, 5.41) is 0. The van der Waals surface area contributed by atoms with Gasteiger partial charge in [0.05, 0.1) is 7.11 Å². The number of nitrogens with zero attached hydrogens (tertiary/aromatic N) is 2. The van der Waals surface area contributed by atoms with Crippen LogP contribution in [0.3, 0.4) is 0 Å². The maximum absolute atomic E-state index is 5.50. The van der Waals surface area contributed by atoms with Gasteiger partial charge in [-0.25, -0.2) is 0 Å². The summed E-state index contributed by atoms with van der Waals surface area (Å²) in [4.78, 5) is 7.26. The third kappa shape index (κ3) is 2.26. The van der Waals surface area contributed by atoms with Crippen LogP contribution < -0.4 is 4.74 Å². The van der Waals surface area contributed by atoms with Gasteiger partial charge in [-0.3, -0.25) is 9.88 Å². The first kappa shape index (κ1) is 14.7. The van der Waals surface area contributed by atoms with Crippen molar-refractivity contribution in [2.45, 2.75) is 37.1 Å². The Hall–Kier alpha value is -1.87. The molecule has 0 spiro atoms. The molecule has 0 amide bonds. The van der Waals surface area contributed by atoms with Crippen molar-refractivity contribution >= 4 is 0 Å². The lowest BCUT2D eigenvalue weighted by molar-refractivity contribution is 0.0683. The lowest BCUT2D eigenvalue weighted by atomic mass is 9.59. The van der Waals surface area contributed by atoms with E-state index >= 15 is 0 Å². The molecule has 2 aliphatic rings. The minimum absolute atomic E-state index is 0.150. The molecule has 2 heterocycles. The lowest BCUT2D eigenvalue weighted by Gasteiger charge is -2.52. The highest BCUT2D eigenvalue weighted by Crippen LogP contribution is 2.55. The standard InChI is InChI=1S/C20H24N2O/c1-22-13-9-15-7-8-16(23-2)14-17(15)19(22)20(10-5-11-20)18-6-3-4-12-21-18/h3-4,6-8,12,14,19H,5,9-11,13H2,1-2H3. The van der Waals surface area contributed by atoms with Crippen LogP contribution in [0.5, 0.6) is 5.75 Å². The molecule has 0 saturated heterocycles. The molecule has 3 heteroatoms. The number of benzene rings is 1. The third-order valence-corrected chi connectivity index (χ3v) is 5.77. The van der Waals surface area contributed by atoms with Gasteiger partial charge in [-0.2, -0.15) is 0 Å². The molecule has 1 fully saturated rings. The molecule has 1 aromatic heterocycles. The van der Waals surface area contributed by atoms with Crippen molar-refractivity contribution in [3.05, 3.63) is 59.4 Å². The normalized spacial score (nSPS) is 23.0. The second kappa shape index (κ2) is 5.64. The van der Waals surface area contributed by atoms with E-state index in [9.17, 15) is 0 Å². The highest BCUT2D eigenvalue weighted by Gasteiger charge is 2.50. The quantitative estimate of drug-likeness (QED) is 0.863. The molecular formula is C20H24N2O. The number of pyridine rings is 1. The molecule has 1 aliphatic heterocycles. The Morgan fingerprint density at radius 2 is 2.09 bits per heavy atom. The van der Waals surface area contributed by atoms with Gasteiger partial charge in [-0.1, -0.05) is 18.6 Å². The zero-order chi connectivity index (χ0) is 15.9. The first-order valence-corrected chi connectivity index (χ1v) is 8.53. The van der Waals surface area contributed by atoms with Crippen LogP contribution in [0, 0.1) is 0 Å². The van der Waals surface area contributed by atoms with Crippen molar-refractivity contribution in [3.63, 3.8) is 0 Å². The van der Waals surface area contributed by atoms with E-state index in [1.165, 1.54) is 36.1 Å². The predicted octanol–water partition coefficient (Wildman–Crippen LogP) is 3.74. The average Bonchev–Trinajstić information content (AvgIpc) is 2.56. The lowest BCUT2D eigenvalue weighted by Crippen LogP contribution is -2.50. The Morgan fingerprint density at radius 3 is 2.74 bits per heavy atom. The molecule has 1 atom stereocenters. The van der Waals surface area contributed by atoms with E-state index in [4.69, 9.17) is 9.72 Å². The van der Waals surface area contributed by atoms with Gasteiger partial charge in [-0.15, -0.1) is 0 Å². The van der Waals surface area contributed by atoms with Gasteiger partial charge in [0.2, 0.25) is 0 Å². The molecule has 2 aromatic rings. The molecule has 1 aromatic carbocycles. The number of rotatable bonds is 3. The largest absolute Gasteiger partial charge is 0.497 e. The summed E-state index contributed by atoms with van der Waals surface area (Å²) >= 11 is 0. The Kier molecular flexibility index (Phi) is 3.61. The highest BCUT2D eigenvalue weighted by molar-refractivity contribution is 5.43. The van der Waals surface area contributed by atoms with Gasteiger partial charge in [-0.05, 0) is 61.7 Å². The van der Waals surface area contributed by atoms with Gasteiger partial charge in [0, 0.05) is 29.9 Å². The molecule has 1 saturated carbocycles. The number of hydrogen-bond donors (Lipinski definition) is 0. The van der Waals surface area contributed by atoms with Crippen LogP contribution >= 0.6 is 0 Å². The first-order chi connectivity index (χ1) is 11.2. The molecule has 120 valence electrons. The van der Waals surface area contributed by atoms with Crippen molar-refractivity contribution in [1.29, 1.82) is 0 Å². The number of aromatic nitrogens is 1. The Labute approximate surface area is 138 Å². The second-order valence-electron chi connectivity index (χ2n) is 6.92. The van der Waals surface area contributed by atoms with Gasteiger partial charge in [0.15, 0.2) is 0 Å². The first-order valence-electron chi connectivity index (χ1n) is 8.53. The van der Waals surface area contributed by atoms with Crippen LogP contribution in [-0.4, -0.2) is 30.6 Å². The van der Waals surface area contributed by atoms with Crippen LogP contribution in [-0.2, 0) is 11.8 Å². The summed E-state index contributed by atoms with van der Waals surface area (Å²) in [5.74, 6) is 0.958. The van der Waals surface area contributed by atoms with Crippen molar-refractivity contribution in [2.75, 3.05) is 20.7 Å². The smallest absolute Gasteiger partial charge is 0.119 e. The van der Waals surface area contributed by atoms with Gasteiger partial charge >= 0.3 is 0 Å². The minimum atomic E-state index is 0.150. The predicted molar refractivity (Wildman–Crippen MR) is 91.8 cm³/mol. The monoisotopic (exact) mass is 308 g/mol. The van der Waals surface area contributed by atoms with Crippen LogP contribution in [0.1, 0.15) is 42.1 Å². The van der Waals surface area contributed by atoms with Crippen molar-refractivity contribution in [1.82, 2.24) is 9.88 Å². The summed E-state index contributed by atoms with van der Waals surface area (Å²) in [6.45, 7) is 1.11. The van der Waals surface area contributed by atoms with Crippen LogP contribution in [0.15, 0.2) is 42.6 Å². The zero-order valence-corrected chi connectivity index (χ0v) is 14.0. The fourth-order valence-electron chi connectivity index (χ4n) is 4.45. The van der Waals surface area contributed by atoms with Gasteiger partial charge < -0.3 is 4.74 Å². The van der Waals surface area contributed by atoms with Crippen LogP contribution in [0.2, 0.25) is 0 Å². The Bertz CT molecular complexity index is 694. The molecule has 1 aliphatic carbocycles. The fraction of sp³-hybridized carbons (Fsp3) is 0.450. The van der Waals surface area contributed by atoms with Gasteiger partial charge in [0.1, 0.15) is 5.75 Å². The number of likely N-dealkylation sites (N-methyl/N-ethyl adjacent to an activating group) is 1. The molecule has 0 radical (unpaired) electrons. The van der Waals surface area contributed by atoms with E-state index in [1.807, 2.05) is 12.3 Å². The van der Waals surface area contributed by atoms with E-state index in [2.05, 4.69) is 42.3 Å². The average molecular weight is 308 g/mol. The van der Waals surface area contributed by atoms with Gasteiger partial charge in [0.25, 0.3) is 0 Å². The minimum Gasteiger partial charge on any atom is -0.497 e. The summed E-state index contributed by atoms with van der Waals surface area (Å²) in [6.07, 6.45) is 6.78. The maximum atomic E-state index is 5.50. The molecular weight excluding hydrogens is 284 g/mol. The van der Waals surface area contributed by atoms with E-state index in [0.717, 1.165) is 18.7 Å². The second-order valence-corrected chi connectivity index (χ2v) is 6.92. The number of ether oxygens (including phenoxy) is 1. The van der Waals surface area contributed by atoms with Crippen LogP contribution in [0.4, 0.5) is 0 Å². The summed E-state index contributed by atoms with van der Waals surface area (Å²) in [6, 6.07) is 13.3. The Balaban J connectivity index is 1.84. The third-order valence-electron chi connectivity index (χ3n) is 5.77. The number of fused-ring (bicyclic) bond motifs is 1. The topological polar surface area (TPSA) is 25.4 Å². The summed E-state index contributed by atoms with van der Waals surface area (Å²) in [5.41, 5.74) is 4.30. The molecule has 4 rings (SSSR count). The fourth-order valence-corrected chi connectivity index (χ4v) is 4.45. The van der Waals surface area contributed by atoms with Crippen molar-refractivity contribution < 1.29 is 4.74 Å². The van der Waals surface area contributed by atoms with E-state index < -0.39 is 0 Å². The molecule has 3 nitrogen and oxygen atoms in total. The maximum Gasteiger partial charge on any atom is 0.119 e. The Morgan fingerprint density at radius 1 is 1.22 bits per heavy atom. The summed E-state index contributed by atoms with van der Waals surface area (Å²) in [7, 11) is 4.01. The zero-order valence-electron chi connectivity index (χ0n) is 14.0. The van der Waals surface area contributed by atoms with Crippen molar-refractivity contribution in [2.24, 2.45) is 0 Å². The molecule has 0 bridgehead atoms. The molecule has 0 N–H and O–H groups in total. The number of hydrogen-bond acceptors (Lipinski definition) is 3. The molecule has 1 unspecified atom stereocenters. The highest BCUT2D eigenvalue weighted by atomic mass is 16.5. The molecule has 23 heavy (non-hydrogen) atoms. The number of methoxy groups -OCH3 is 1. The van der Waals surface area contributed by atoms with E-state index in [0.29, 0.717) is 6.04 Å². The van der Waals surface area contributed by atoms with E-state index in [1.54, 1.807) is 7.11 Å². The SMILES string of the molecule is COc1ccc2c(c1)C(C1(c3ccccn3)CCC1)N(C)CC2. The van der Waals surface area contributed by atoms with Crippen LogP contribution in [0.25, 0.3) is 0 Å².